The third-order valence-corrected chi connectivity index (χ3v) is 5.01. The van der Waals surface area contributed by atoms with Gasteiger partial charge in [0.05, 0.1) is 18.1 Å². The van der Waals surface area contributed by atoms with E-state index in [0.29, 0.717) is 32.2 Å². The smallest absolute Gasteiger partial charge is 0.257 e. The number of methoxy groups -OCH3 is 1. The number of hydrogen-bond acceptors (Lipinski definition) is 3. The molecule has 0 saturated heterocycles. The van der Waals surface area contributed by atoms with Crippen LogP contribution in [0.25, 0.3) is 0 Å². The molecule has 0 unspecified atom stereocenters. The number of nitrogens with zero attached hydrogens (tertiary/aromatic N) is 2. The van der Waals surface area contributed by atoms with Gasteiger partial charge in [-0.3, -0.25) is 9.48 Å². The Morgan fingerprint density at radius 2 is 2.07 bits per heavy atom. The topological polar surface area (TPSA) is 56.1 Å². The van der Waals surface area contributed by atoms with Crippen LogP contribution in [-0.2, 0) is 6.54 Å². The monoisotopic (exact) mass is 451 g/mol. The molecule has 2 aromatic carbocycles. The highest BCUT2D eigenvalue weighted by Gasteiger charge is 2.16. The SMILES string of the molecule is COc1cccc(C(=O)Nc2nn(Cc3c(F)cccc3Cl)cc2Br)c1C. The van der Waals surface area contributed by atoms with Gasteiger partial charge in [-0.1, -0.05) is 23.7 Å². The molecule has 3 rings (SSSR count). The largest absolute Gasteiger partial charge is 0.496 e. The molecule has 0 saturated carbocycles. The van der Waals surface area contributed by atoms with Crippen LogP contribution in [0.3, 0.4) is 0 Å². The van der Waals surface area contributed by atoms with Crippen LogP contribution in [0, 0.1) is 12.7 Å². The number of hydrogen-bond donors (Lipinski definition) is 1. The van der Waals surface area contributed by atoms with E-state index in [-0.39, 0.29) is 12.5 Å². The number of anilines is 1. The highest BCUT2D eigenvalue weighted by molar-refractivity contribution is 9.10. The number of benzene rings is 2. The number of aromatic nitrogens is 2. The first-order valence-corrected chi connectivity index (χ1v) is 9.18. The van der Waals surface area contributed by atoms with Crippen molar-refractivity contribution in [3.8, 4) is 5.75 Å². The zero-order valence-electron chi connectivity index (χ0n) is 14.6. The van der Waals surface area contributed by atoms with E-state index in [2.05, 4.69) is 26.3 Å². The lowest BCUT2D eigenvalue weighted by atomic mass is 10.1. The molecule has 1 N–H and O–H groups in total. The van der Waals surface area contributed by atoms with Gasteiger partial charge in [-0.25, -0.2) is 4.39 Å². The molecule has 140 valence electrons. The number of carbonyl (C=O) groups is 1. The summed E-state index contributed by atoms with van der Waals surface area (Å²) >= 11 is 9.43. The van der Waals surface area contributed by atoms with Crippen molar-refractivity contribution < 1.29 is 13.9 Å². The first kappa shape index (κ1) is 19.4. The van der Waals surface area contributed by atoms with Crippen LogP contribution in [0.1, 0.15) is 21.5 Å². The molecule has 1 heterocycles. The van der Waals surface area contributed by atoms with E-state index < -0.39 is 5.82 Å². The maximum Gasteiger partial charge on any atom is 0.257 e. The molecule has 8 heteroatoms. The molecule has 0 radical (unpaired) electrons. The van der Waals surface area contributed by atoms with Gasteiger partial charge in [0, 0.05) is 27.9 Å². The highest BCUT2D eigenvalue weighted by Crippen LogP contribution is 2.26. The Bertz CT molecular complexity index is 986. The fraction of sp³-hybridized carbons (Fsp3) is 0.158. The summed E-state index contributed by atoms with van der Waals surface area (Å²) in [6, 6.07) is 9.74. The lowest BCUT2D eigenvalue weighted by Crippen LogP contribution is -2.15. The summed E-state index contributed by atoms with van der Waals surface area (Å²) in [7, 11) is 1.55. The second-order valence-electron chi connectivity index (χ2n) is 5.81. The van der Waals surface area contributed by atoms with Crippen LogP contribution in [0.2, 0.25) is 5.02 Å². The third kappa shape index (κ3) is 4.14. The van der Waals surface area contributed by atoms with E-state index in [9.17, 15) is 9.18 Å². The summed E-state index contributed by atoms with van der Waals surface area (Å²) < 4.78 is 21.3. The molecule has 3 aromatic rings. The van der Waals surface area contributed by atoms with Gasteiger partial charge in [-0.05, 0) is 47.1 Å². The Balaban J connectivity index is 1.82. The first-order valence-electron chi connectivity index (χ1n) is 8.01. The van der Waals surface area contributed by atoms with Crippen molar-refractivity contribution in [2.75, 3.05) is 12.4 Å². The molecule has 0 fully saturated rings. The van der Waals surface area contributed by atoms with E-state index in [1.165, 1.54) is 10.7 Å². The van der Waals surface area contributed by atoms with Gasteiger partial charge in [0.1, 0.15) is 11.6 Å². The average Bonchev–Trinajstić information content (AvgIpc) is 2.97. The standard InChI is InChI=1S/C19H16BrClFN3O2/c1-11-12(5-3-8-17(11)27-2)19(26)23-18-14(20)10-25(24-18)9-13-15(21)6-4-7-16(13)22/h3-8,10H,9H2,1-2H3,(H,23,24,26). The van der Waals surface area contributed by atoms with Gasteiger partial charge in [0.25, 0.3) is 5.91 Å². The predicted octanol–water partition coefficient (Wildman–Crippen LogP) is 5.06. The maximum atomic E-state index is 14.0. The Hall–Kier alpha value is -2.38. The Kier molecular flexibility index (Phi) is 5.82. The van der Waals surface area contributed by atoms with E-state index >= 15 is 0 Å². The second-order valence-corrected chi connectivity index (χ2v) is 7.07. The number of carbonyl (C=O) groups excluding carboxylic acids is 1. The van der Waals surface area contributed by atoms with Crippen molar-refractivity contribution in [2.45, 2.75) is 13.5 Å². The zero-order valence-corrected chi connectivity index (χ0v) is 16.9. The van der Waals surface area contributed by atoms with Crippen molar-refractivity contribution in [2.24, 2.45) is 0 Å². The van der Waals surface area contributed by atoms with E-state index in [0.717, 1.165) is 5.56 Å². The van der Waals surface area contributed by atoms with Crippen LogP contribution < -0.4 is 10.1 Å². The summed E-state index contributed by atoms with van der Waals surface area (Å²) in [6.07, 6.45) is 1.65. The predicted molar refractivity (Wildman–Crippen MR) is 106 cm³/mol. The van der Waals surface area contributed by atoms with Crippen LogP contribution in [0.4, 0.5) is 10.2 Å². The minimum absolute atomic E-state index is 0.137. The first-order chi connectivity index (χ1) is 12.9. The summed E-state index contributed by atoms with van der Waals surface area (Å²) in [5.41, 5.74) is 1.54. The van der Waals surface area contributed by atoms with Gasteiger partial charge in [-0.15, -0.1) is 0 Å². The fourth-order valence-corrected chi connectivity index (χ4v) is 3.30. The van der Waals surface area contributed by atoms with Crippen LogP contribution in [-0.4, -0.2) is 22.8 Å². The number of halogens is 3. The summed E-state index contributed by atoms with van der Waals surface area (Å²) in [6.45, 7) is 1.94. The van der Waals surface area contributed by atoms with Gasteiger partial charge in [0.2, 0.25) is 0 Å². The molecule has 1 amide bonds. The molecule has 0 spiro atoms. The van der Waals surface area contributed by atoms with E-state index in [1.54, 1.807) is 43.6 Å². The molecule has 27 heavy (non-hydrogen) atoms. The maximum absolute atomic E-state index is 14.0. The number of nitrogens with one attached hydrogen (secondary N) is 1. The Morgan fingerprint density at radius 3 is 2.78 bits per heavy atom. The normalized spacial score (nSPS) is 10.7. The number of ether oxygens (including phenoxy) is 1. The van der Waals surface area contributed by atoms with E-state index in [1.807, 2.05) is 6.92 Å². The van der Waals surface area contributed by atoms with Crippen molar-refractivity contribution in [3.63, 3.8) is 0 Å². The van der Waals surface area contributed by atoms with Gasteiger partial charge < -0.3 is 10.1 Å². The summed E-state index contributed by atoms with van der Waals surface area (Å²) in [5.74, 6) is 0.226. The van der Waals surface area contributed by atoms with Crippen molar-refractivity contribution in [1.82, 2.24) is 9.78 Å². The van der Waals surface area contributed by atoms with Crippen LogP contribution in [0.5, 0.6) is 5.75 Å². The second kappa shape index (κ2) is 8.10. The molecular formula is C19H16BrClFN3O2. The van der Waals surface area contributed by atoms with Crippen LogP contribution >= 0.6 is 27.5 Å². The molecule has 0 aliphatic heterocycles. The van der Waals surface area contributed by atoms with Gasteiger partial charge in [0.15, 0.2) is 5.82 Å². The quantitative estimate of drug-likeness (QED) is 0.589. The molecule has 0 aliphatic rings. The Labute approximate surface area is 169 Å². The number of rotatable bonds is 5. The molecule has 0 atom stereocenters. The molecule has 5 nitrogen and oxygen atoms in total. The van der Waals surface area contributed by atoms with E-state index in [4.69, 9.17) is 16.3 Å². The van der Waals surface area contributed by atoms with Crippen molar-refractivity contribution in [1.29, 1.82) is 0 Å². The van der Waals surface area contributed by atoms with Crippen molar-refractivity contribution in [3.05, 3.63) is 74.6 Å². The molecule has 0 aliphatic carbocycles. The minimum atomic E-state index is -0.410. The average molecular weight is 453 g/mol. The lowest BCUT2D eigenvalue weighted by molar-refractivity contribution is 0.102. The fourth-order valence-electron chi connectivity index (χ4n) is 2.66. The highest BCUT2D eigenvalue weighted by atomic mass is 79.9. The number of amides is 1. The van der Waals surface area contributed by atoms with Gasteiger partial charge >= 0.3 is 0 Å². The summed E-state index contributed by atoms with van der Waals surface area (Å²) in [4.78, 5) is 12.6. The van der Waals surface area contributed by atoms with Crippen molar-refractivity contribution >= 4 is 39.3 Å². The van der Waals surface area contributed by atoms with Gasteiger partial charge in [-0.2, -0.15) is 5.10 Å². The minimum Gasteiger partial charge on any atom is -0.496 e. The van der Waals surface area contributed by atoms with Crippen LogP contribution in [0.15, 0.2) is 47.1 Å². The lowest BCUT2D eigenvalue weighted by Gasteiger charge is -2.10. The third-order valence-electron chi connectivity index (χ3n) is 4.08. The molecular weight excluding hydrogens is 437 g/mol. The Morgan fingerprint density at radius 1 is 1.33 bits per heavy atom. The molecule has 1 aromatic heterocycles. The summed E-state index contributed by atoms with van der Waals surface area (Å²) in [5, 5.41) is 7.38. The zero-order chi connectivity index (χ0) is 19.6. The molecule has 0 bridgehead atoms.